The standard InChI is InChI=1S/C12H4F2N4O2/c13-7-1-6(12(19)20)2-8(14)11(7)18-5-17-9(3-15)10(18)4-16/h1-2,5H,(H,19,20). The molecule has 2 rings (SSSR count). The maximum Gasteiger partial charge on any atom is 0.335 e. The molecule has 1 aromatic heterocycles. The molecule has 0 atom stereocenters. The van der Waals surface area contributed by atoms with Crippen molar-refractivity contribution in [3.63, 3.8) is 0 Å². The van der Waals surface area contributed by atoms with E-state index in [-0.39, 0.29) is 11.4 Å². The average molecular weight is 274 g/mol. The van der Waals surface area contributed by atoms with Gasteiger partial charge in [-0.1, -0.05) is 0 Å². The van der Waals surface area contributed by atoms with Gasteiger partial charge in [-0.05, 0) is 12.1 Å². The lowest BCUT2D eigenvalue weighted by atomic mass is 10.2. The second-order valence-corrected chi connectivity index (χ2v) is 3.63. The smallest absolute Gasteiger partial charge is 0.335 e. The van der Waals surface area contributed by atoms with Gasteiger partial charge in [0.05, 0.1) is 5.56 Å². The lowest BCUT2D eigenvalue weighted by molar-refractivity contribution is 0.0695. The Morgan fingerprint density at radius 3 is 2.30 bits per heavy atom. The van der Waals surface area contributed by atoms with Crippen LogP contribution >= 0.6 is 0 Å². The van der Waals surface area contributed by atoms with Crippen LogP contribution in [0.5, 0.6) is 0 Å². The van der Waals surface area contributed by atoms with Crippen LogP contribution in [0.4, 0.5) is 8.78 Å². The molecule has 0 saturated heterocycles. The summed E-state index contributed by atoms with van der Waals surface area (Å²) in [6, 6.07) is 4.46. The first-order chi connectivity index (χ1) is 9.49. The van der Waals surface area contributed by atoms with Crippen molar-refractivity contribution in [2.24, 2.45) is 0 Å². The third-order valence-corrected chi connectivity index (χ3v) is 2.48. The molecule has 98 valence electrons. The summed E-state index contributed by atoms with van der Waals surface area (Å²) in [5.74, 6) is -3.85. The topological polar surface area (TPSA) is 103 Å². The number of hydrogen-bond donors (Lipinski definition) is 1. The van der Waals surface area contributed by atoms with Crippen LogP contribution in [0, 0.1) is 34.3 Å². The van der Waals surface area contributed by atoms with Gasteiger partial charge in [-0.15, -0.1) is 0 Å². The van der Waals surface area contributed by atoms with Gasteiger partial charge >= 0.3 is 5.97 Å². The van der Waals surface area contributed by atoms with Crippen LogP contribution in [0.3, 0.4) is 0 Å². The number of rotatable bonds is 2. The van der Waals surface area contributed by atoms with Crippen molar-refractivity contribution in [2.45, 2.75) is 0 Å². The zero-order chi connectivity index (χ0) is 14.9. The van der Waals surface area contributed by atoms with E-state index in [1.165, 1.54) is 0 Å². The highest BCUT2D eigenvalue weighted by Gasteiger charge is 2.20. The van der Waals surface area contributed by atoms with Crippen molar-refractivity contribution in [1.29, 1.82) is 10.5 Å². The summed E-state index contributed by atoms with van der Waals surface area (Å²) < 4.78 is 28.4. The Bertz CT molecular complexity index is 776. The monoisotopic (exact) mass is 274 g/mol. The summed E-state index contributed by atoms with van der Waals surface area (Å²) in [5.41, 5.74) is -1.86. The Hall–Kier alpha value is -3.26. The van der Waals surface area contributed by atoms with Crippen LogP contribution in [-0.2, 0) is 0 Å². The minimum Gasteiger partial charge on any atom is -0.478 e. The SMILES string of the molecule is N#Cc1ncn(-c2c(F)cc(C(=O)O)cc2F)c1C#N. The van der Waals surface area contributed by atoms with Gasteiger partial charge in [0.2, 0.25) is 0 Å². The van der Waals surface area contributed by atoms with Crippen molar-refractivity contribution in [3.05, 3.63) is 47.0 Å². The minimum absolute atomic E-state index is 0.284. The molecule has 1 N–H and O–H groups in total. The Morgan fingerprint density at radius 1 is 1.25 bits per heavy atom. The van der Waals surface area contributed by atoms with Crippen molar-refractivity contribution in [1.82, 2.24) is 9.55 Å². The predicted molar refractivity (Wildman–Crippen MR) is 59.9 cm³/mol. The van der Waals surface area contributed by atoms with Gasteiger partial charge in [-0.2, -0.15) is 10.5 Å². The number of benzene rings is 1. The average Bonchev–Trinajstić information content (AvgIpc) is 2.80. The quantitative estimate of drug-likeness (QED) is 0.895. The van der Waals surface area contributed by atoms with E-state index in [4.69, 9.17) is 15.6 Å². The fourth-order valence-corrected chi connectivity index (χ4v) is 1.63. The summed E-state index contributed by atoms with van der Waals surface area (Å²) in [6.07, 6.45) is 0.916. The highest BCUT2D eigenvalue weighted by atomic mass is 19.1. The molecule has 1 aromatic carbocycles. The van der Waals surface area contributed by atoms with Crippen LogP contribution in [0.2, 0.25) is 0 Å². The summed E-state index contributed by atoms with van der Waals surface area (Å²) >= 11 is 0. The number of hydrogen-bond acceptors (Lipinski definition) is 4. The number of aromatic carboxylic acids is 1. The number of carbonyl (C=O) groups is 1. The van der Waals surface area contributed by atoms with Gasteiger partial charge in [-0.25, -0.2) is 18.6 Å². The van der Waals surface area contributed by atoms with E-state index in [2.05, 4.69) is 4.98 Å². The minimum atomic E-state index is -1.49. The molecule has 0 bridgehead atoms. The van der Waals surface area contributed by atoms with Gasteiger partial charge in [0, 0.05) is 0 Å². The van der Waals surface area contributed by atoms with E-state index in [9.17, 15) is 13.6 Å². The van der Waals surface area contributed by atoms with Gasteiger partial charge in [0.1, 0.15) is 24.2 Å². The largest absolute Gasteiger partial charge is 0.478 e. The summed E-state index contributed by atoms with van der Waals surface area (Å²) in [7, 11) is 0. The van der Waals surface area contributed by atoms with E-state index in [1.54, 1.807) is 12.1 Å². The van der Waals surface area contributed by atoms with E-state index >= 15 is 0 Å². The molecule has 8 heteroatoms. The van der Waals surface area contributed by atoms with Gasteiger partial charge in [0.15, 0.2) is 23.0 Å². The summed E-state index contributed by atoms with van der Waals surface area (Å²) in [4.78, 5) is 14.2. The molecular formula is C12H4F2N4O2. The van der Waals surface area contributed by atoms with E-state index in [0.717, 1.165) is 10.9 Å². The Labute approximate surface area is 110 Å². The highest BCUT2D eigenvalue weighted by molar-refractivity contribution is 5.87. The van der Waals surface area contributed by atoms with E-state index in [0.29, 0.717) is 12.1 Å². The molecule has 0 aliphatic carbocycles. The lowest BCUT2D eigenvalue weighted by Gasteiger charge is -2.08. The zero-order valence-corrected chi connectivity index (χ0v) is 9.63. The number of carboxylic acids is 1. The first kappa shape index (κ1) is 13.2. The van der Waals surface area contributed by atoms with E-state index in [1.807, 2.05) is 0 Å². The molecule has 0 aliphatic rings. The number of halogens is 2. The molecule has 0 amide bonds. The zero-order valence-electron chi connectivity index (χ0n) is 9.63. The molecule has 0 spiro atoms. The number of carboxylic acid groups (broad SMARTS) is 1. The molecule has 0 aliphatic heterocycles. The summed E-state index contributed by atoms with van der Waals surface area (Å²) in [5, 5.41) is 26.3. The Morgan fingerprint density at radius 2 is 1.85 bits per heavy atom. The second-order valence-electron chi connectivity index (χ2n) is 3.63. The number of nitriles is 2. The molecule has 6 nitrogen and oxygen atoms in total. The van der Waals surface area contributed by atoms with Crippen LogP contribution < -0.4 is 0 Å². The van der Waals surface area contributed by atoms with Crippen LogP contribution in [-0.4, -0.2) is 20.6 Å². The van der Waals surface area contributed by atoms with Crippen molar-refractivity contribution in [3.8, 4) is 17.8 Å². The fourth-order valence-electron chi connectivity index (χ4n) is 1.63. The number of nitrogens with zero attached hydrogens (tertiary/aromatic N) is 4. The molecule has 0 radical (unpaired) electrons. The molecule has 2 aromatic rings. The third kappa shape index (κ3) is 1.95. The lowest BCUT2D eigenvalue weighted by Crippen LogP contribution is -2.07. The van der Waals surface area contributed by atoms with Gasteiger partial charge in [0.25, 0.3) is 0 Å². The molecule has 20 heavy (non-hydrogen) atoms. The maximum absolute atomic E-state index is 13.8. The maximum atomic E-state index is 13.8. The van der Waals surface area contributed by atoms with Crippen molar-refractivity contribution < 1.29 is 18.7 Å². The number of aromatic nitrogens is 2. The molecular weight excluding hydrogens is 270 g/mol. The number of imidazole rings is 1. The molecule has 0 fully saturated rings. The van der Waals surface area contributed by atoms with Gasteiger partial charge < -0.3 is 5.11 Å². The van der Waals surface area contributed by atoms with Crippen molar-refractivity contribution in [2.75, 3.05) is 0 Å². The fraction of sp³-hybridized carbons (Fsp3) is 0. The molecule has 0 saturated carbocycles. The van der Waals surface area contributed by atoms with Gasteiger partial charge in [-0.3, -0.25) is 4.57 Å². The molecule has 1 heterocycles. The first-order valence-corrected chi connectivity index (χ1v) is 5.09. The van der Waals surface area contributed by atoms with Crippen LogP contribution in [0.1, 0.15) is 21.7 Å². The highest BCUT2D eigenvalue weighted by Crippen LogP contribution is 2.22. The van der Waals surface area contributed by atoms with E-state index < -0.39 is 28.9 Å². The Kier molecular flexibility index (Phi) is 3.15. The summed E-state index contributed by atoms with van der Waals surface area (Å²) in [6.45, 7) is 0. The first-order valence-electron chi connectivity index (χ1n) is 5.09. The Balaban J connectivity index is 2.72. The third-order valence-electron chi connectivity index (χ3n) is 2.48. The van der Waals surface area contributed by atoms with Crippen LogP contribution in [0.15, 0.2) is 18.5 Å². The molecule has 0 unspecified atom stereocenters. The normalized spacial score (nSPS) is 9.80. The van der Waals surface area contributed by atoms with Crippen LogP contribution in [0.25, 0.3) is 5.69 Å². The second kappa shape index (κ2) is 4.78. The van der Waals surface area contributed by atoms with Crippen molar-refractivity contribution >= 4 is 5.97 Å². The predicted octanol–water partition coefficient (Wildman–Crippen LogP) is 1.59.